The van der Waals surface area contributed by atoms with Crippen LogP contribution in [0.5, 0.6) is 0 Å². The van der Waals surface area contributed by atoms with Crippen LogP contribution in [0.4, 0.5) is 0 Å². The highest BCUT2D eigenvalue weighted by Crippen LogP contribution is 2.19. The average Bonchev–Trinajstić information content (AvgIpc) is 2.88. The molecule has 0 aliphatic carbocycles. The topological polar surface area (TPSA) is 63.7 Å². The molecule has 1 saturated heterocycles. The second-order valence-corrected chi connectivity index (χ2v) is 5.67. The fourth-order valence-corrected chi connectivity index (χ4v) is 2.66. The van der Waals surface area contributed by atoms with Gasteiger partial charge in [0.25, 0.3) is 0 Å². The highest BCUT2D eigenvalue weighted by atomic mass is 16.5. The van der Waals surface area contributed by atoms with Crippen molar-refractivity contribution < 1.29 is 19.1 Å². The lowest BCUT2D eigenvalue weighted by atomic mass is 10.1. The smallest absolute Gasteiger partial charge is 0.326 e. The third-order valence-corrected chi connectivity index (χ3v) is 3.90. The van der Waals surface area contributed by atoms with E-state index in [9.17, 15) is 14.4 Å². The summed E-state index contributed by atoms with van der Waals surface area (Å²) in [6, 6.07) is 18.5. The van der Waals surface area contributed by atoms with Crippen LogP contribution in [-0.4, -0.2) is 29.1 Å². The van der Waals surface area contributed by atoms with Gasteiger partial charge in [-0.05, 0) is 11.1 Å². The number of rotatable bonds is 5. The lowest BCUT2D eigenvalue weighted by Crippen LogP contribution is -2.31. The quantitative estimate of drug-likeness (QED) is 0.623. The number of amides is 1. The fourth-order valence-electron chi connectivity index (χ4n) is 2.66. The molecular formula is C19H17NO4. The van der Waals surface area contributed by atoms with Gasteiger partial charge in [-0.15, -0.1) is 0 Å². The van der Waals surface area contributed by atoms with Gasteiger partial charge in [0.2, 0.25) is 5.91 Å². The van der Waals surface area contributed by atoms with E-state index in [2.05, 4.69) is 0 Å². The van der Waals surface area contributed by atoms with Crippen LogP contribution in [0.3, 0.4) is 0 Å². The third kappa shape index (κ3) is 3.51. The minimum absolute atomic E-state index is 0.0510. The van der Waals surface area contributed by atoms with Gasteiger partial charge < -0.3 is 9.64 Å². The van der Waals surface area contributed by atoms with Crippen LogP contribution in [-0.2, 0) is 32.3 Å². The van der Waals surface area contributed by atoms with Crippen molar-refractivity contribution in [3.05, 3.63) is 71.8 Å². The number of esters is 1. The molecule has 1 heterocycles. The van der Waals surface area contributed by atoms with Gasteiger partial charge in [-0.25, -0.2) is 0 Å². The van der Waals surface area contributed by atoms with Gasteiger partial charge in [0, 0.05) is 6.54 Å². The van der Waals surface area contributed by atoms with Gasteiger partial charge in [-0.1, -0.05) is 60.7 Å². The first-order valence-corrected chi connectivity index (χ1v) is 7.71. The Hall–Kier alpha value is -2.95. The standard InChI is InChI=1S/C19H17NO4/c21-16-12-20(11-14-7-3-1-4-8-14)18(22)17(16)19(23)24-13-15-9-5-2-6-10-15/h1-10,17H,11-13H2. The van der Waals surface area contributed by atoms with Gasteiger partial charge in [0.15, 0.2) is 11.7 Å². The molecule has 0 aromatic heterocycles. The zero-order chi connectivity index (χ0) is 16.9. The molecule has 2 aromatic rings. The maximum absolute atomic E-state index is 12.4. The van der Waals surface area contributed by atoms with Crippen molar-refractivity contribution in [3.63, 3.8) is 0 Å². The molecule has 5 heteroatoms. The molecule has 0 N–H and O–H groups in total. The Labute approximate surface area is 139 Å². The summed E-state index contributed by atoms with van der Waals surface area (Å²) in [5.41, 5.74) is 1.72. The molecule has 1 aliphatic rings. The summed E-state index contributed by atoms with van der Waals surface area (Å²) in [7, 11) is 0. The summed E-state index contributed by atoms with van der Waals surface area (Å²) in [5, 5.41) is 0. The summed E-state index contributed by atoms with van der Waals surface area (Å²) in [6.07, 6.45) is 0. The first kappa shape index (κ1) is 15.9. The van der Waals surface area contributed by atoms with E-state index in [1.165, 1.54) is 4.90 Å². The normalized spacial score (nSPS) is 17.2. The number of carbonyl (C=O) groups excluding carboxylic acids is 3. The highest BCUT2D eigenvalue weighted by molar-refractivity contribution is 6.21. The Morgan fingerprint density at radius 1 is 0.958 bits per heavy atom. The molecule has 24 heavy (non-hydrogen) atoms. The number of benzene rings is 2. The Balaban J connectivity index is 1.62. The van der Waals surface area contributed by atoms with Crippen LogP contribution in [0, 0.1) is 5.92 Å². The molecule has 122 valence electrons. The van der Waals surface area contributed by atoms with Crippen molar-refractivity contribution in [2.45, 2.75) is 13.2 Å². The van der Waals surface area contributed by atoms with E-state index in [4.69, 9.17) is 4.74 Å². The zero-order valence-corrected chi connectivity index (χ0v) is 13.1. The highest BCUT2D eigenvalue weighted by Gasteiger charge is 2.45. The molecule has 1 amide bonds. The average molecular weight is 323 g/mol. The predicted molar refractivity (Wildman–Crippen MR) is 86.6 cm³/mol. The second kappa shape index (κ2) is 7.08. The van der Waals surface area contributed by atoms with Crippen LogP contribution >= 0.6 is 0 Å². The molecule has 3 rings (SSSR count). The van der Waals surface area contributed by atoms with Crippen molar-refractivity contribution in [2.24, 2.45) is 5.92 Å². The summed E-state index contributed by atoms with van der Waals surface area (Å²) in [6.45, 7) is 0.308. The number of ketones is 1. The Bertz CT molecular complexity index is 742. The van der Waals surface area contributed by atoms with Crippen LogP contribution in [0.15, 0.2) is 60.7 Å². The lowest BCUT2D eigenvalue weighted by molar-refractivity contribution is -0.155. The Kier molecular flexibility index (Phi) is 4.70. The van der Waals surface area contributed by atoms with E-state index in [1.54, 1.807) is 0 Å². The SMILES string of the molecule is O=C1CN(Cc2ccccc2)C(=O)C1C(=O)OCc1ccccc1. The Morgan fingerprint density at radius 3 is 2.17 bits per heavy atom. The summed E-state index contributed by atoms with van der Waals surface area (Å²) in [4.78, 5) is 38.0. The fraction of sp³-hybridized carbons (Fsp3) is 0.211. The molecule has 0 saturated carbocycles. The molecule has 1 unspecified atom stereocenters. The molecule has 2 aromatic carbocycles. The van der Waals surface area contributed by atoms with Crippen LogP contribution in [0.1, 0.15) is 11.1 Å². The number of likely N-dealkylation sites (tertiary alicyclic amines) is 1. The summed E-state index contributed by atoms with van der Waals surface area (Å²) in [5.74, 6) is -3.00. The van der Waals surface area contributed by atoms with Gasteiger partial charge in [-0.2, -0.15) is 0 Å². The van der Waals surface area contributed by atoms with Crippen molar-refractivity contribution >= 4 is 17.7 Å². The summed E-state index contributed by atoms with van der Waals surface area (Å²) < 4.78 is 5.14. The van der Waals surface area contributed by atoms with Crippen LogP contribution in [0.2, 0.25) is 0 Å². The number of hydrogen-bond acceptors (Lipinski definition) is 4. The van der Waals surface area contributed by atoms with Crippen LogP contribution < -0.4 is 0 Å². The van der Waals surface area contributed by atoms with E-state index in [0.717, 1.165) is 11.1 Å². The molecule has 0 spiro atoms. The first-order valence-electron chi connectivity index (χ1n) is 7.71. The summed E-state index contributed by atoms with van der Waals surface area (Å²) >= 11 is 0. The van der Waals surface area contributed by atoms with Crippen molar-refractivity contribution in [3.8, 4) is 0 Å². The van der Waals surface area contributed by atoms with Crippen LogP contribution in [0.25, 0.3) is 0 Å². The Morgan fingerprint density at radius 2 is 1.54 bits per heavy atom. The second-order valence-electron chi connectivity index (χ2n) is 5.67. The first-order chi connectivity index (χ1) is 11.6. The molecule has 1 aliphatic heterocycles. The number of Topliss-reactive ketones (excluding diaryl/α,β-unsaturated/α-hetero) is 1. The number of carbonyl (C=O) groups is 3. The van der Waals surface area contributed by atoms with Crippen molar-refractivity contribution in [1.82, 2.24) is 4.90 Å². The van der Waals surface area contributed by atoms with Crippen molar-refractivity contribution in [2.75, 3.05) is 6.54 Å². The van der Waals surface area contributed by atoms with Gasteiger partial charge in [0.1, 0.15) is 6.61 Å². The largest absolute Gasteiger partial charge is 0.460 e. The minimum Gasteiger partial charge on any atom is -0.460 e. The zero-order valence-electron chi connectivity index (χ0n) is 13.1. The van der Waals surface area contributed by atoms with E-state index >= 15 is 0 Å². The maximum Gasteiger partial charge on any atom is 0.326 e. The number of nitrogens with zero attached hydrogens (tertiary/aromatic N) is 1. The molecule has 1 fully saturated rings. The van der Waals surface area contributed by atoms with E-state index in [-0.39, 0.29) is 13.2 Å². The maximum atomic E-state index is 12.4. The molecule has 0 bridgehead atoms. The van der Waals surface area contributed by atoms with Crippen molar-refractivity contribution in [1.29, 1.82) is 0 Å². The predicted octanol–water partition coefficient (Wildman–Crippen LogP) is 1.96. The molecule has 5 nitrogen and oxygen atoms in total. The van der Waals surface area contributed by atoms with Gasteiger partial charge in [0.05, 0.1) is 6.54 Å². The van der Waals surface area contributed by atoms with E-state index in [0.29, 0.717) is 6.54 Å². The lowest BCUT2D eigenvalue weighted by Gasteiger charge is -2.15. The number of hydrogen-bond donors (Lipinski definition) is 0. The van der Waals surface area contributed by atoms with Gasteiger partial charge >= 0.3 is 5.97 Å². The molecule has 1 atom stereocenters. The minimum atomic E-state index is -1.34. The van der Waals surface area contributed by atoms with E-state index in [1.807, 2.05) is 60.7 Å². The monoisotopic (exact) mass is 323 g/mol. The third-order valence-electron chi connectivity index (χ3n) is 3.90. The molecule has 0 radical (unpaired) electrons. The number of ether oxygens (including phenoxy) is 1. The van der Waals surface area contributed by atoms with E-state index < -0.39 is 23.6 Å². The molecular weight excluding hydrogens is 306 g/mol. The van der Waals surface area contributed by atoms with Gasteiger partial charge in [-0.3, -0.25) is 14.4 Å².